The van der Waals surface area contributed by atoms with Crippen molar-refractivity contribution >= 4 is 0 Å². The molecule has 0 saturated carbocycles. The zero-order valence-electron chi connectivity index (χ0n) is 12.7. The van der Waals surface area contributed by atoms with Crippen molar-refractivity contribution in [2.24, 2.45) is 0 Å². The van der Waals surface area contributed by atoms with Crippen LogP contribution in [0.15, 0.2) is 42.5 Å². The van der Waals surface area contributed by atoms with E-state index in [-0.39, 0.29) is 0 Å². The number of hydrogen-bond acceptors (Lipinski definition) is 2. The zero-order chi connectivity index (χ0) is 15.2. The minimum atomic E-state index is -0.776. The molecule has 1 unspecified atom stereocenters. The van der Waals surface area contributed by atoms with Gasteiger partial charge in [-0.2, -0.15) is 0 Å². The highest BCUT2D eigenvalue weighted by molar-refractivity contribution is 5.51. The van der Waals surface area contributed by atoms with Gasteiger partial charge < -0.3 is 9.84 Å². The number of rotatable bonds is 3. The summed E-state index contributed by atoms with van der Waals surface area (Å²) in [5, 5.41) is 10.1. The Hall–Kier alpha value is -2.24. The Morgan fingerprint density at radius 1 is 1.19 bits per heavy atom. The molecule has 0 bridgehead atoms. The van der Waals surface area contributed by atoms with Gasteiger partial charge in [-0.1, -0.05) is 49.1 Å². The summed E-state index contributed by atoms with van der Waals surface area (Å²) in [6.07, 6.45) is 0.147. The summed E-state index contributed by atoms with van der Waals surface area (Å²) in [7, 11) is 1.66. The molecule has 1 N–H and O–H groups in total. The summed E-state index contributed by atoms with van der Waals surface area (Å²) in [5.41, 5.74) is 3.89. The quantitative estimate of drug-likeness (QED) is 0.870. The van der Waals surface area contributed by atoms with E-state index in [1.165, 1.54) is 5.56 Å². The Labute approximate surface area is 126 Å². The Bertz CT molecular complexity index is 663. The van der Waals surface area contributed by atoms with Crippen LogP contribution >= 0.6 is 0 Å². The molecule has 108 valence electrons. The second kappa shape index (κ2) is 6.97. The maximum Gasteiger partial charge on any atom is 0.140 e. The van der Waals surface area contributed by atoms with Crippen LogP contribution in [-0.2, 0) is 6.42 Å². The summed E-state index contributed by atoms with van der Waals surface area (Å²) in [5.74, 6) is 6.83. The monoisotopic (exact) mass is 280 g/mol. The van der Waals surface area contributed by atoms with Gasteiger partial charge in [-0.05, 0) is 36.6 Å². The highest BCUT2D eigenvalue weighted by Crippen LogP contribution is 2.24. The zero-order valence-corrected chi connectivity index (χ0v) is 12.7. The highest BCUT2D eigenvalue weighted by Gasteiger charge is 2.06. The Balaban J connectivity index is 2.34. The highest BCUT2D eigenvalue weighted by atomic mass is 16.5. The molecule has 2 aromatic rings. The molecule has 0 aliphatic carbocycles. The van der Waals surface area contributed by atoms with Crippen molar-refractivity contribution in [3.63, 3.8) is 0 Å². The van der Waals surface area contributed by atoms with Gasteiger partial charge in [-0.3, -0.25) is 0 Å². The third kappa shape index (κ3) is 3.65. The average Bonchev–Trinajstić information content (AvgIpc) is 2.54. The fourth-order valence-electron chi connectivity index (χ4n) is 2.16. The van der Waals surface area contributed by atoms with E-state index in [9.17, 15) is 5.11 Å². The molecule has 2 aromatic carbocycles. The predicted octanol–water partition coefficient (Wildman–Crippen LogP) is 3.65. The first-order valence-electron chi connectivity index (χ1n) is 7.07. The van der Waals surface area contributed by atoms with Crippen molar-refractivity contribution in [1.82, 2.24) is 0 Å². The molecule has 2 heteroatoms. The third-order valence-electron chi connectivity index (χ3n) is 3.51. The van der Waals surface area contributed by atoms with Gasteiger partial charge in [-0.15, -0.1) is 0 Å². The maximum atomic E-state index is 10.1. The van der Waals surface area contributed by atoms with E-state index in [0.717, 1.165) is 28.9 Å². The summed E-state index contributed by atoms with van der Waals surface area (Å²) < 4.78 is 5.39. The van der Waals surface area contributed by atoms with Gasteiger partial charge in [0.1, 0.15) is 11.9 Å². The number of aliphatic hydroxyl groups excluding tert-OH is 1. The third-order valence-corrected chi connectivity index (χ3v) is 3.51. The van der Waals surface area contributed by atoms with Crippen molar-refractivity contribution in [3.8, 4) is 17.6 Å². The molecule has 21 heavy (non-hydrogen) atoms. The minimum Gasteiger partial charge on any atom is -0.496 e. The molecule has 0 spiro atoms. The van der Waals surface area contributed by atoms with Crippen LogP contribution in [0.2, 0.25) is 0 Å². The van der Waals surface area contributed by atoms with E-state index in [4.69, 9.17) is 4.74 Å². The average molecular weight is 280 g/mol. The molecule has 2 rings (SSSR count). The first-order valence-corrected chi connectivity index (χ1v) is 7.07. The van der Waals surface area contributed by atoms with Crippen LogP contribution in [0.1, 0.15) is 35.3 Å². The lowest BCUT2D eigenvalue weighted by Crippen LogP contribution is -1.96. The predicted molar refractivity (Wildman–Crippen MR) is 85.4 cm³/mol. The smallest absolute Gasteiger partial charge is 0.140 e. The molecule has 0 fully saturated rings. The van der Waals surface area contributed by atoms with Gasteiger partial charge in [0.2, 0.25) is 0 Å². The van der Waals surface area contributed by atoms with Crippen molar-refractivity contribution in [1.29, 1.82) is 0 Å². The van der Waals surface area contributed by atoms with Gasteiger partial charge in [0.05, 0.1) is 7.11 Å². The fourth-order valence-corrected chi connectivity index (χ4v) is 2.16. The Morgan fingerprint density at radius 3 is 2.52 bits per heavy atom. The minimum absolute atomic E-state index is 0.776. The van der Waals surface area contributed by atoms with Crippen LogP contribution in [0.5, 0.6) is 5.75 Å². The number of aryl methyl sites for hydroxylation is 1. The van der Waals surface area contributed by atoms with Crippen LogP contribution in [-0.4, -0.2) is 12.2 Å². The largest absolute Gasteiger partial charge is 0.496 e. The van der Waals surface area contributed by atoms with E-state index < -0.39 is 6.10 Å². The second-order valence-electron chi connectivity index (χ2n) is 4.91. The molecular formula is C19H20O2. The first-order chi connectivity index (χ1) is 10.2. The SMILES string of the molecule is CCc1cc(C#CC(O)c2ccccc2)c(C)c(OC)c1. The lowest BCUT2D eigenvalue weighted by atomic mass is 10.0. The summed E-state index contributed by atoms with van der Waals surface area (Å²) in [4.78, 5) is 0. The molecule has 0 radical (unpaired) electrons. The Kier molecular flexibility index (Phi) is 5.03. The van der Waals surface area contributed by atoms with E-state index in [1.54, 1.807) is 7.11 Å². The lowest BCUT2D eigenvalue weighted by Gasteiger charge is -2.09. The topological polar surface area (TPSA) is 29.5 Å². The van der Waals surface area contributed by atoms with E-state index in [0.29, 0.717) is 0 Å². The van der Waals surface area contributed by atoms with Crippen molar-refractivity contribution in [2.75, 3.05) is 7.11 Å². The van der Waals surface area contributed by atoms with Crippen LogP contribution in [0.25, 0.3) is 0 Å². The number of hydrogen-bond donors (Lipinski definition) is 1. The molecule has 2 nitrogen and oxygen atoms in total. The van der Waals surface area contributed by atoms with E-state index in [1.807, 2.05) is 43.3 Å². The van der Waals surface area contributed by atoms with Gasteiger partial charge >= 0.3 is 0 Å². The molecular weight excluding hydrogens is 260 g/mol. The molecule has 0 aliphatic heterocycles. The fraction of sp³-hybridized carbons (Fsp3) is 0.263. The molecule has 0 saturated heterocycles. The van der Waals surface area contributed by atoms with Gasteiger partial charge in [0.15, 0.2) is 0 Å². The van der Waals surface area contributed by atoms with Crippen molar-refractivity contribution in [2.45, 2.75) is 26.4 Å². The van der Waals surface area contributed by atoms with Crippen LogP contribution < -0.4 is 4.74 Å². The lowest BCUT2D eigenvalue weighted by molar-refractivity contribution is 0.238. The number of methoxy groups -OCH3 is 1. The normalized spacial score (nSPS) is 11.4. The molecule has 0 heterocycles. The van der Waals surface area contributed by atoms with Crippen LogP contribution in [0.3, 0.4) is 0 Å². The van der Waals surface area contributed by atoms with E-state index >= 15 is 0 Å². The molecule has 1 atom stereocenters. The van der Waals surface area contributed by atoms with Crippen LogP contribution in [0, 0.1) is 18.8 Å². The molecule has 0 amide bonds. The van der Waals surface area contributed by atoms with Gasteiger partial charge in [0.25, 0.3) is 0 Å². The maximum absolute atomic E-state index is 10.1. The van der Waals surface area contributed by atoms with E-state index in [2.05, 4.69) is 24.8 Å². The van der Waals surface area contributed by atoms with Crippen LogP contribution in [0.4, 0.5) is 0 Å². The Morgan fingerprint density at radius 2 is 1.90 bits per heavy atom. The summed E-state index contributed by atoms with van der Waals surface area (Å²) in [6, 6.07) is 13.5. The van der Waals surface area contributed by atoms with Gasteiger partial charge in [-0.25, -0.2) is 0 Å². The number of aliphatic hydroxyl groups is 1. The standard InChI is InChI=1S/C19H20O2/c1-4-15-12-17(14(2)19(13-15)21-3)10-11-18(20)16-8-6-5-7-9-16/h5-9,12-13,18,20H,4H2,1-3H3. The molecule has 0 aromatic heterocycles. The van der Waals surface area contributed by atoms with Crippen molar-refractivity contribution in [3.05, 3.63) is 64.7 Å². The molecule has 0 aliphatic rings. The summed E-state index contributed by atoms with van der Waals surface area (Å²) in [6.45, 7) is 4.08. The number of ether oxygens (including phenoxy) is 1. The first kappa shape index (κ1) is 15.2. The summed E-state index contributed by atoms with van der Waals surface area (Å²) >= 11 is 0. The van der Waals surface area contributed by atoms with Crippen molar-refractivity contribution < 1.29 is 9.84 Å². The number of benzene rings is 2. The second-order valence-corrected chi connectivity index (χ2v) is 4.91. The van der Waals surface area contributed by atoms with Gasteiger partial charge in [0, 0.05) is 11.1 Å².